The molecule has 0 spiro atoms. The molecule has 0 unspecified atom stereocenters. The number of aromatic carboxylic acids is 1. The second kappa shape index (κ2) is 4.97. The molecule has 100 valence electrons. The quantitative estimate of drug-likeness (QED) is 0.716. The number of rotatable bonds is 4. The highest BCUT2D eigenvalue weighted by Gasteiger charge is 2.12. The van der Waals surface area contributed by atoms with E-state index in [2.05, 4.69) is 15.5 Å². The van der Waals surface area contributed by atoms with Crippen molar-refractivity contribution in [2.24, 2.45) is 0 Å². The Morgan fingerprint density at radius 2 is 2.21 bits per heavy atom. The third-order valence-corrected chi connectivity index (χ3v) is 2.64. The Hall–Kier alpha value is -2.57. The van der Waals surface area contributed by atoms with Gasteiger partial charge in [-0.1, -0.05) is 5.16 Å². The van der Waals surface area contributed by atoms with Gasteiger partial charge in [0.05, 0.1) is 12.1 Å². The molecule has 1 aromatic heterocycles. The van der Waals surface area contributed by atoms with E-state index in [0.29, 0.717) is 29.5 Å². The van der Waals surface area contributed by atoms with Crippen LogP contribution in [0, 0.1) is 13.8 Å². The largest absolute Gasteiger partial charge is 0.478 e. The van der Waals surface area contributed by atoms with Crippen LogP contribution < -0.4 is 11.1 Å². The van der Waals surface area contributed by atoms with Crippen molar-refractivity contribution in [1.82, 2.24) is 10.1 Å². The molecule has 0 atom stereocenters. The Labute approximate surface area is 109 Å². The first-order valence-electron chi connectivity index (χ1n) is 5.64. The molecule has 1 heterocycles. The number of carboxylic acids is 1. The summed E-state index contributed by atoms with van der Waals surface area (Å²) in [4.78, 5) is 15.1. The summed E-state index contributed by atoms with van der Waals surface area (Å²) in [5, 5.41) is 15.8. The van der Waals surface area contributed by atoms with Crippen molar-refractivity contribution < 1.29 is 14.4 Å². The fraction of sp³-hybridized carbons (Fsp3) is 0.250. The van der Waals surface area contributed by atoms with Crippen LogP contribution in [0.25, 0.3) is 0 Å². The zero-order valence-electron chi connectivity index (χ0n) is 10.6. The van der Waals surface area contributed by atoms with Crippen molar-refractivity contribution in [3.8, 4) is 0 Å². The van der Waals surface area contributed by atoms with Crippen LogP contribution in [0.2, 0.25) is 0 Å². The van der Waals surface area contributed by atoms with Crippen molar-refractivity contribution in [3.05, 3.63) is 35.0 Å². The maximum Gasteiger partial charge on any atom is 0.337 e. The minimum absolute atomic E-state index is 0.0757. The summed E-state index contributed by atoms with van der Waals surface area (Å²) in [5.74, 6) is -0.0694. The highest BCUT2D eigenvalue weighted by Crippen LogP contribution is 2.23. The van der Waals surface area contributed by atoms with Crippen LogP contribution in [-0.4, -0.2) is 21.2 Å². The van der Waals surface area contributed by atoms with E-state index in [4.69, 9.17) is 15.4 Å². The van der Waals surface area contributed by atoms with E-state index in [0.717, 1.165) is 0 Å². The van der Waals surface area contributed by atoms with Gasteiger partial charge in [-0.15, -0.1) is 0 Å². The molecule has 0 fully saturated rings. The van der Waals surface area contributed by atoms with Gasteiger partial charge in [0.25, 0.3) is 0 Å². The van der Waals surface area contributed by atoms with Gasteiger partial charge in [-0.3, -0.25) is 0 Å². The molecule has 7 heteroatoms. The number of benzene rings is 1. The van der Waals surface area contributed by atoms with Gasteiger partial charge in [-0.25, -0.2) is 4.79 Å². The first-order chi connectivity index (χ1) is 8.97. The van der Waals surface area contributed by atoms with Crippen molar-refractivity contribution in [2.75, 3.05) is 11.1 Å². The lowest BCUT2D eigenvalue weighted by Crippen LogP contribution is -2.07. The zero-order valence-corrected chi connectivity index (χ0v) is 10.6. The number of hydrogen-bond acceptors (Lipinski definition) is 6. The van der Waals surface area contributed by atoms with Crippen LogP contribution in [-0.2, 0) is 6.54 Å². The second-order valence-electron chi connectivity index (χ2n) is 4.14. The van der Waals surface area contributed by atoms with Gasteiger partial charge >= 0.3 is 5.97 Å². The summed E-state index contributed by atoms with van der Waals surface area (Å²) in [6, 6.07) is 3.26. The van der Waals surface area contributed by atoms with E-state index in [1.807, 2.05) is 0 Å². The number of aromatic nitrogens is 2. The molecule has 2 aromatic rings. The highest BCUT2D eigenvalue weighted by atomic mass is 16.5. The number of aryl methyl sites for hydroxylation is 2. The Morgan fingerprint density at radius 1 is 1.47 bits per heavy atom. The SMILES string of the molecule is Cc1nc(CNc2cc(C)c(N)c(C(=O)O)c2)no1. The van der Waals surface area contributed by atoms with Crippen LogP contribution in [0.1, 0.15) is 27.6 Å². The number of nitrogens with two attached hydrogens (primary N) is 1. The topological polar surface area (TPSA) is 114 Å². The number of carboxylic acid groups (broad SMARTS) is 1. The molecule has 0 radical (unpaired) electrons. The van der Waals surface area contributed by atoms with Gasteiger partial charge in [-0.2, -0.15) is 4.98 Å². The highest BCUT2D eigenvalue weighted by molar-refractivity contribution is 5.95. The molecule has 0 saturated heterocycles. The number of nitrogen functional groups attached to an aromatic ring is 1. The van der Waals surface area contributed by atoms with Crippen LogP contribution in [0.4, 0.5) is 11.4 Å². The molecule has 19 heavy (non-hydrogen) atoms. The predicted octanol–water partition coefficient (Wildman–Crippen LogP) is 1.58. The molecule has 0 aliphatic heterocycles. The molecule has 0 saturated carbocycles. The fourth-order valence-corrected chi connectivity index (χ4v) is 1.67. The second-order valence-corrected chi connectivity index (χ2v) is 4.14. The molecule has 0 aliphatic carbocycles. The first kappa shape index (κ1) is 12.9. The lowest BCUT2D eigenvalue weighted by molar-refractivity contribution is 0.0698. The van der Waals surface area contributed by atoms with Gasteiger partial charge in [0.15, 0.2) is 5.82 Å². The maximum absolute atomic E-state index is 11.1. The summed E-state index contributed by atoms with van der Waals surface area (Å²) in [5.41, 5.74) is 7.41. The molecule has 0 bridgehead atoms. The summed E-state index contributed by atoms with van der Waals surface area (Å²) >= 11 is 0. The molecular weight excluding hydrogens is 248 g/mol. The first-order valence-corrected chi connectivity index (χ1v) is 5.64. The number of anilines is 2. The summed E-state index contributed by atoms with van der Waals surface area (Å²) in [6.07, 6.45) is 0. The number of nitrogens with one attached hydrogen (secondary N) is 1. The normalized spacial score (nSPS) is 10.4. The summed E-state index contributed by atoms with van der Waals surface area (Å²) in [6.45, 7) is 3.80. The standard InChI is InChI=1S/C12H14N4O3/c1-6-3-8(4-9(11(6)13)12(17)18)14-5-10-15-7(2)19-16-10/h3-4,14H,5,13H2,1-2H3,(H,17,18). The summed E-state index contributed by atoms with van der Waals surface area (Å²) < 4.78 is 4.84. The molecule has 0 amide bonds. The van der Waals surface area contributed by atoms with E-state index < -0.39 is 5.97 Å². The molecule has 1 aromatic carbocycles. The molecular formula is C12H14N4O3. The molecule has 2 rings (SSSR count). The predicted molar refractivity (Wildman–Crippen MR) is 68.9 cm³/mol. The summed E-state index contributed by atoms with van der Waals surface area (Å²) in [7, 11) is 0. The van der Waals surface area contributed by atoms with Crippen molar-refractivity contribution in [3.63, 3.8) is 0 Å². The van der Waals surface area contributed by atoms with Gasteiger partial charge in [0, 0.05) is 18.3 Å². The van der Waals surface area contributed by atoms with Crippen LogP contribution in [0.15, 0.2) is 16.7 Å². The smallest absolute Gasteiger partial charge is 0.337 e. The fourth-order valence-electron chi connectivity index (χ4n) is 1.67. The zero-order chi connectivity index (χ0) is 14.0. The third kappa shape index (κ3) is 2.82. The van der Waals surface area contributed by atoms with Crippen molar-refractivity contribution >= 4 is 17.3 Å². The monoisotopic (exact) mass is 262 g/mol. The number of nitrogens with zero attached hydrogens (tertiary/aromatic N) is 2. The Balaban J connectivity index is 2.19. The van der Waals surface area contributed by atoms with Crippen LogP contribution in [0.5, 0.6) is 0 Å². The Bertz CT molecular complexity index is 621. The lowest BCUT2D eigenvalue weighted by Gasteiger charge is -2.10. The van der Waals surface area contributed by atoms with Gasteiger partial charge in [-0.05, 0) is 24.6 Å². The van der Waals surface area contributed by atoms with Crippen LogP contribution in [0.3, 0.4) is 0 Å². The molecule has 0 aliphatic rings. The average Bonchev–Trinajstić information content (AvgIpc) is 2.76. The van der Waals surface area contributed by atoms with Crippen molar-refractivity contribution in [2.45, 2.75) is 20.4 Å². The van der Waals surface area contributed by atoms with Gasteiger partial charge in [0.2, 0.25) is 5.89 Å². The Kier molecular flexibility index (Phi) is 3.37. The average molecular weight is 262 g/mol. The van der Waals surface area contributed by atoms with Gasteiger partial charge < -0.3 is 20.7 Å². The lowest BCUT2D eigenvalue weighted by atomic mass is 10.1. The van der Waals surface area contributed by atoms with Crippen LogP contribution >= 0.6 is 0 Å². The van der Waals surface area contributed by atoms with E-state index in [1.54, 1.807) is 19.9 Å². The van der Waals surface area contributed by atoms with E-state index in [-0.39, 0.29) is 11.3 Å². The molecule has 7 nitrogen and oxygen atoms in total. The van der Waals surface area contributed by atoms with E-state index in [9.17, 15) is 4.79 Å². The van der Waals surface area contributed by atoms with Crippen molar-refractivity contribution in [1.29, 1.82) is 0 Å². The number of hydrogen-bond donors (Lipinski definition) is 3. The Morgan fingerprint density at radius 3 is 2.79 bits per heavy atom. The maximum atomic E-state index is 11.1. The molecule has 4 N–H and O–H groups in total. The van der Waals surface area contributed by atoms with E-state index in [1.165, 1.54) is 6.07 Å². The minimum Gasteiger partial charge on any atom is -0.478 e. The van der Waals surface area contributed by atoms with E-state index >= 15 is 0 Å². The minimum atomic E-state index is -1.06. The third-order valence-electron chi connectivity index (χ3n) is 2.64. The van der Waals surface area contributed by atoms with Gasteiger partial charge in [0.1, 0.15) is 0 Å². The number of carbonyl (C=O) groups is 1.